The lowest BCUT2D eigenvalue weighted by Crippen LogP contribution is -2.38. The Balaban J connectivity index is 1.46. The van der Waals surface area contributed by atoms with E-state index >= 15 is 0 Å². The van der Waals surface area contributed by atoms with Crippen LogP contribution in [0.1, 0.15) is 22.3 Å². The third kappa shape index (κ3) is 3.64. The first-order valence-electron chi connectivity index (χ1n) is 8.85. The summed E-state index contributed by atoms with van der Waals surface area (Å²) in [7, 11) is 0. The van der Waals surface area contributed by atoms with Gasteiger partial charge < -0.3 is 14.6 Å². The van der Waals surface area contributed by atoms with Gasteiger partial charge in [-0.2, -0.15) is 0 Å². The van der Waals surface area contributed by atoms with Crippen LogP contribution in [0.3, 0.4) is 0 Å². The van der Waals surface area contributed by atoms with E-state index in [0.29, 0.717) is 23.1 Å². The van der Waals surface area contributed by atoms with E-state index in [1.165, 1.54) is 18.2 Å². The van der Waals surface area contributed by atoms with Crippen LogP contribution in [-0.4, -0.2) is 29.3 Å². The summed E-state index contributed by atoms with van der Waals surface area (Å²) < 4.78 is 18.5. The number of halogens is 1. The zero-order chi connectivity index (χ0) is 19.7. The maximum absolute atomic E-state index is 13.3. The molecule has 0 saturated carbocycles. The fourth-order valence-electron chi connectivity index (χ4n) is 3.36. The number of likely N-dealkylation sites (tertiary alicyclic amines) is 1. The monoisotopic (exact) mass is 380 g/mol. The molecule has 3 aromatic rings. The average molecular weight is 380 g/mol. The quantitative estimate of drug-likeness (QED) is 0.705. The molecule has 2 aromatic carbocycles. The van der Waals surface area contributed by atoms with E-state index in [9.17, 15) is 18.8 Å². The van der Waals surface area contributed by atoms with E-state index in [1.54, 1.807) is 41.3 Å². The van der Waals surface area contributed by atoms with Crippen molar-refractivity contribution < 1.29 is 18.4 Å². The number of carbonyl (C=O) groups excluding carboxylic acids is 2. The van der Waals surface area contributed by atoms with Gasteiger partial charge in [0.1, 0.15) is 17.0 Å². The second-order valence-electron chi connectivity index (χ2n) is 6.76. The number of nitrogens with one attached hydrogen (secondary N) is 1. The summed E-state index contributed by atoms with van der Waals surface area (Å²) in [6.45, 7) is 0.557. The standard InChI is InChI=1S/C21H17FN2O4/c22-15-6-3-4-13(8-15)11-24-12-16(10-19(24)25)23-20(26)17-9-14-5-1-2-7-18(14)28-21(17)27/h1-9,16H,10-12H2,(H,23,26). The van der Waals surface area contributed by atoms with Gasteiger partial charge in [-0.1, -0.05) is 30.3 Å². The van der Waals surface area contributed by atoms with E-state index in [2.05, 4.69) is 5.32 Å². The summed E-state index contributed by atoms with van der Waals surface area (Å²) in [5.41, 5.74) is 0.253. The number of hydrogen-bond acceptors (Lipinski definition) is 4. The average Bonchev–Trinajstić information content (AvgIpc) is 3.00. The Morgan fingerprint density at radius 2 is 1.96 bits per heavy atom. The maximum Gasteiger partial charge on any atom is 0.349 e. The lowest BCUT2D eigenvalue weighted by atomic mass is 10.1. The summed E-state index contributed by atoms with van der Waals surface area (Å²) >= 11 is 0. The topological polar surface area (TPSA) is 79.6 Å². The van der Waals surface area contributed by atoms with Crippen molar-refractivity contribution in [1.29, 1.82) is 0 Å². The largest absolute Gasteiger partial charge is 0.422 e. The van der Waals surface area contributed by atoms with Crippen LogP contribution in [0.15, 0.2) is 63.8 Å². The van der Waals surface area contributed by atoms with E-state index in [-0.39, 0.29) is 30.3 Å². The highest BCUT2D eigenvalue weighted by atomic mass is 19.1. The minimum absolute atomic E-state index is 0.102. The van der Waals surface area contributed by atoms with Crippen molar-refractivity contribution in [3.05, 3.63) is 82.0 Å². The number of fused-ring (bicyclic) bond motifs is 1. The van der Waals surface area contributed by atoms with Crippen LogP contribution >= 0.6 is 0 Å². The predicted octanol–water partition coefficient (Wildman–Crippen LogP) is 2.46. The van der Waals surface area contributed by atoms with Crippen LogP contribution in [0.25, 0.3) is 11.0 Å². The molecule has 1 fully saturated rings. The summed E-state index contributed by atoms with van der Waals surface area (Å²) in [4.78, 5) is 38.4. The lowest BCUT2D eigenvalue weighted by molar-refractivity contribution is -0.128. The van der Waals surface area contributed by atoms with Crippen LogP contribution in [0.2, 0.25) is 0 Å². The smallest absolute Gasteiger partial charge is 0.349 e. The first-order chi connectivity index (χ1) is 13.5. The van der Waals surface area contributed by atoms with Crippen molar-refractivity contribution >= 4 is 22.8 Å². The number of amides is 2. The van der Waals surface area contributed by atoms with Crippen LogP contribution in [0, 0.1) is 5.82 Å². The fraction of sp³-hybridized carbons (Fsp3) is 0.190. The molecular formula is C21H17FN2O4. The summed E-state index contributed by atoms with van der Waals surface area (Å²) in [6.07, 6.45) is 0.125. The second kappa shape index (κ2) is 7.26. The van der Waals surface area contributed by atoms with Crippen molar-refractivity contribution in [2.45, 2.75) is 19.0 Å². The Morgan fingerprint density at radius 3 is 2.79 bits per heavy atom. The van der Waals surface area contributed by atoms with Gasteiger partial charge in [-0.25, -0.2) is 9.18 Å². The Labute approximate surface area is 159 Å². The summed E-state index contributed by atoms with van der Waals surface area (Å²) in [6, 6.07) is 14.0. The highest BCUT2D eigenvalue weighted by Crippen LogP contribution is 2.17. The van der Waals surface area contributed by atoms with Gasteiger partial charge in [-0.05, 0) is 29.8 Å². The zero-order valence-electron chi connectivity index (χ0n) is 14.9. The molecule has 1 aliphatic heterocycles. The van der Waals surface area contributed by atoms with Crippen molar-refractivity contribution in [1.82, 2.24) is 10.2 Å². The Bertz CT molecular complexity index is 1120. The first kappa shape index (κ1) is 17.9. The van der Waals surface area contributed by atoms with Gasteiger partial charge in [0.25, 0.3) is 5.91 Å². The predicted molar refractivity (Wildman–Crippen MR) is 100 cm³/mol. The normalized spacial score (nSPS) is 16.5. The summed E-state index contributed by atoms with van der Waals surface area (Å²) in [5.74, 6) is -1.08. The molecule has 1 aliphatic rings. The van der Waals surface area contributed by atoms with Crippen molar-refractivity contribution in [3.8, 4) is 0 Å². The van der Waals surface area contributed by atoms with E-state index < -0.39 is 17.6 Å². The molecule has 0 radical (unpaired) electrons. The Hall–Kier alpha value is -3.48. The molecule has 2 heterocycles. The first-order valence-corrected chi connectivity index (χ1v) is 8.85. The van der Waals surface area contributed by atoms with Gasteiger partial charge in [0.05, 0.1) is 6.04 Å². The van der Waals surface area contributed by atoms with E-state index in [4.69, 9.17) is 4.42 Å². The third-order valence-corrected chi connectivity index (χ3v) is 4.70. The third-order valence-electron chi connectivity index (χ3n) is 4.70. The molecule has 1 N–H and O–H groups in total. The van der Waals surface area contributed by atoms with Gasteiger partial charge >= 0.3 is 5.63 Å². The molecular weight excluding hydrogens is 363 g/mol. The molecule has 7 heteroatoms. The van der Waals surface area contributed by atoms with Crippen LogP contribution < -0.4 is 10.9 Å². The highest BCUT2D eigenvalue weighted by molar-refractivity contribution is 5.97. The molecule has 6 nitrogen and oxygen atoms in total. The number of carbonyl (C=O) groups is 2. The van der Waals surface area contributed by atoms with Gasteiger partial charge in [0.2, 0.25) is 5.91 Å². The zero-order valence-corrected chi connectivity index (χ0v) is 14.9. The van der Waals surface area contributed by atoms with Crippen LogP contribution in [-0.2, 0) is 11.3 Å². The molecule has 0 bridgehead atoms. The van der Waals surface area contributed by atoms with Crippen molar-refractivity contribution in [3.63, 3.8) is 0 Å². The Morgan fingerprint density at radius 1 is 1.14 bits per heavy atom. The van der Waals surface area contributed by atoms with Gasteiger partial charge in [-0.3, -0.25) is 9.59 Å². The number of benzene rings is 2. The molecule has 1 atom stereocenters. The van der Waals surface area contributed by atoms with Crippen LogP contribution in [0.5, 0.6) is 0 Å². The minimum Gasteiger partial charge on any atom is -0.422 e. The highest BCUT2D eigenvalue weighted by Gasteiger charge is 2.31. The molecule has 2 amide bonds. The fourth-order valence-corrected chi connectivity index (χ4v) is 3.36. The molecule has 4 rings (SSSR count). The molecule has 1 unspecified atom stereocenters. The van der Waals surface area contributed by atoms with E-state index in [0.717, 1.165) is 0 Å². The molecule has 142 valence electrons. The second-order valence-corrected chi connectivity index (χ2v) is 6.76. The van der Waals surface area contributed by atoms with E-state index in [1.807, 2.05) is 0 Å². The molecule has 1 saturated heterocycles. The number of nitrogens with zero attached hydrogens (tertiary/aromatic N) is 1. The number of hydrogen-bond donors (Lipinski definition) is 1. The minimum atomic E-state index is -0.725. The summed E-state index contributed by atoms with van der Waals surface area (Å²) in [5, 5.41) is 3.36. The van der Waals surface area contributed by atoms with Crippen molar-refractivity contribution in [2.24, 2.45) is 0 Å². The number of rotatable bonds is 4. The van der Waals surface area contributed by atoms with Gasteiger partial charge in [0.15, 0.2) is 0 Å². The molecule has 0 aliphatic carbocycles. The van der Waals surface area contributed by atoms with Crippen LogP contribution in [0.4, 0.5) is 4.39 Å². The molecule has 1 aromatic heterocycles. The molecule has 0 spiro atoms. The van der Waals surface area contributed by atoms with Gasteiger partial charge in [0, 0.05) is 24.9 Å². The molecule has 28 heavy (non-hydrogen) atoms. The number of para-hydroxylation sites is 1. The maximum atomic E-state index is 13.3. The lowest BCUT2D eigenvalue weighted by Gasteiger charge is -2.17. The Kier molecular flexibility index (Phi) is 4.65. The van der Waals surface area contributed by atoms with Gasteiger partial charge in [-0.15, -0.1) is 0 Å². The SMILES string of the molecule is O=C(NC1CC(=O)N(Cc2cccc(F)c2)C1)c1cc2ccccc2oc1=O. The van der Waals surface area contributed by atoms with Crippen molar-refractivity contribution in [2.75, 3.05) is 6.54 Å².